The molecule has 4 heterocycles. The Balaban J connectivity index is 0.643. The number of likely N-dealkylation sites (tertiary alicyclic amines) is 1. The number of rotatable bonds is 29. The third-order valence-corrected chi connectivity index (χ3v) is 27.3. The summed E-state index contributed by atoms with van der Waals surface area (Å²) in [6.07, 6.45) is 10.7. The van der Waals surface area contributed by atoms with Gasteiger partial charge in [0, 0.05) is 113 Å². The third kappa shape index (κ3) is 18.5. The Hall–Kier alpha value is -6.39. The summed E-state index contributed by atoms with van der Waals surface area (Å²) in [6.45, 7) is 24.9. The first-order valence-electron chi connectivity index (χ1n) is 36.5. The summed E-state index contributed by atoms with van der Waals surface area (Å²) in [7, 11) is -11.1. The Morgan fingerprint density at radius 1 is 0.806 bits per heavy atom. The van der Waals surface area contributed by atoms with Crippen molar-refractivity contribution >= 4 is 78.0 Å². The van der Waals surface area contributed by atoms with Gasteiger partial charge in [-0.05, 0) is 166 Å². The lowest BCUT2D eigenvalue weighted by atomic mass is 9.31. The number of sulfone groups is 1. The van der Waals surface area contributed by atoms with Gasteiger partial charge in [-0.25, -0.2) is 26.5 Å². The highest BCUT2D eigenvalue weighted by molar-refractivity contribution is 7.99. The summed E-state index contributed by atoms with van der Waals surface area (Å²) in [5.74, 6) is -1.81. The van der Waals surface area contributed by atoms with E-state index in [-0.39, 0.29) is 42.8 Å². The Kier molecular flexibility index (Phi) is 24.1. The number of sulfonamides is 1. The molecule has 0 radical (unpaired) electrons. The molecule has 5 aromatic rings. The fourth-order valence-corrected chi connectivity index (χ4v) is 20.0. The molecule has 12 rings (SSSR count). The molecular weight excluding hydrogens is 1390 g/mol. The number of benzene rings is 4. The van der Waals surface area contributed by atoms with E-state index in [1.807, 2.05) is 93.9 Å². The molecule has 3 saturated carbocycles. The van der Waals surface area contributed by atoms with Gasteiger partial charge in [-0.2, -0.15) is 13.2 Å². The summed E-state index contributed by atoms with van der Waals surface area (Å²) in [6, 6.07) is 23.4. The van der Waals surface area contributed by atoms with Gasteiger partial charge in [0.1, 0.15) is 17.0 Å². The zero-order valence-electron chi connectivity index (χ0n) is 60.7. The number of aromatic nitrogens is 1. The van der Waals surface area contributed by atoms with Crippen molar-refractivity contribution in [3.05, 3.63) is 131 Å². The van der Waals surface area contributed by atoms with E-state index in [4.69, 9.17) is 0 Å². The number of allylic oxidation sites excluding steroid dienone is 1. The fourth-order valence-electron chi connectivity index (χ4n) is 16.1. The van der Waals surface area contributed by atoms with E-state index < -0.39 is 82.3 Å². The number of nitrogens with zero attached hydrogens (tertiary/aromatic N) is 6. The van der Waals surface area contributed by atoms with Crippen LogP contribution in [0.3, 0.4) is 0 Å². The monoisotopic (exact) mass is 1500 g/mol. The van der Waals surface area contributed by atoms with Crippen LogP contribution in [0.4, 0.5) is 24.5 Å². The van der Waals surface area contributed by atoms with Gasteiger partial charge in [0.05, 0.1) is 38.8 Å². The van der Waals surface area contributed by atoms with E-state index in [0.717, 1.165) is 116 Å². The molecular formula is C77H103F3N10O9S4. The lowest BCUT2D eigenvalue weighted by Crippen LogP contribution is -2.63. The molecule has 0 spiro atoms. The molecule has 0 unspecified atom stereocenters. The smallest absolute Gasteiger partial charge is 0.391 e. The normalized spacial score (nSPS) is 22.9. The van der Waals surface area contributed by atoms with Gasteiger partial charge in [-0.3, -0.25) is 24.1 Å². The summed E-state index contributed by atoms with van der Waals surface area (Å²) in [5, 5.41) is 19.9. The zero-order valence-corrected chi connectivity index (χ0v) is 64.0. The predicted octanol–water partition coefficient (Wildman–Crippen LogP) is 12.3. The number of anilines is 2. The van der Waals surface area contributed by atoms with Crippen LogP contribution in [0.25, 0.3) is 10.4 Å². The first-order chi connectivity index (χ1) is 48.7. The van der Waals surface area contributed by atoms with Crippen LogP contribution in [0, 0.1) is 28.6 Å². The van der Waals surface area contributed by atoms with E-state index in [1.54, 1.807) is 40.1 Å². The molecule has 3 saturated heterocycles. The first kappa shape index (κ1) is 77.7. The van der Waals surface area contributed by atoms with Crippen LogP contribution in [-0.2, 0) is 34.2 Å². The molecule has 4 aromatic carbocycles. The minimum atomic E-state index is -6.14. The third-order valence-electron chi connectivity index (χ3n) is 22.3. The SMILES string of the molecule is CCC12CC(C3=C(CN4CCN(c5ccc(C(=O)NS(=O)(=O)c6ccc(N[C@H](CCN7CCN(CCCCCC(=O)N[C@H](C(=O)N8C[C@H](O)C[C@H]8C(=O)N[C@@H](C)c8ccc(-c9scnc9C)cc8)C(C)(C)C)CC7)CSc7ccccc7)c(S(=O)(=O)C(F)(F)F)c6)cc5)CC4)CCC(C)(C)C3)(C1)C2. The predicted molar refractivity (Wildman–Crippen MR) is 400 cm³/mol. The Morgan fingerprint density at radius 2 is 1.47 bits per heavy atom. The molecule has 103 heavy (non-hydrogen) atoms. The number of β-amino-alcohol motifs (C(OH)–C–C–N with tert-alkyl or cyclic N) is 1. The second-order valence-electron chi connectivity index (χ2n) is 31.6. The van der Waals surface area contributed by atoms with Crippen LogP contribution in [0.2, 0.25) is 0 Å². The number of piperazine rings is 2. The van der Waals surface area contributed by atoms with Crippen molar-refractivity contribution in [3.8, 4) is 10.4 Å². The van der Waals surface area contributed by atoms with Crippen molar-refractivity contribution in [3.63, 3.8) is 0 Å². The maximum Gasteiger partial charge on any atom is 0.501 e. The summed E-state index contributed by atoms with van der Waals surface area (Å²) in [4.78, 5) is 70.2. The van der Waals surface area contributed by atoms with E-state index in [2.05, 4.69) is 61.3 Å². The standard InChI is InChI=1S/C77H103F3N10O9S4/c1-9-75-48-76(49-75,50-75)63-44-74(7,8)31-29-57(63)45-88-38-40-89(41-39-88)59-25-23-56(24-26-59)70(93)85-103(98,99)62-27-28-64(66(43-62)102(96,97)77(78,79)80)83-58(47-100-61-16-12-10-13-17-61)30-33-87-36-34-86(35-37-87)32-15-11-14-18-67(92)84-69(73(4,5)6)72(95)90-46-60(91)42-65(90)71(94)82-52(2)54-19-21-55(22-20-54)68-53(3)81-51-101-68/h10,12-13,16-17,19-28,43,51-52,58,60,65,69,83,91H,9,11,14-15,18,29-42,44-50H2,1-8H3,(H,82,94)(H,84,92)(H,85,93)/t52-,58+,60+,65-,69+,75?,76?/m0/s1. The Morgan fingerprint density at radius 3 is 2.10 bits per heavy atom. The summed E-state index contributed by atoms with van der Waals surface area (Å²) in [5.41, 5.74) is 3.31. The number of nitrogens with one attached hydrogen (secondary N) is 4. The number of carbonyl (C=O) groups is 4. The molecule has 4 aliphatic carbocycles. The maximum atomic E-state index is 14.6. The minimum absolute atomic E-state index is 0.00332. The lowest BCUT2D eigenvalue weighted by molar-refractivity contribution is -0.182. The second kappa shape index (κ2) is 32.0. The first-order valence-corrected chi connectivity index (χ1v) is 41.4. The van der Waals surface area contributed by atoms with Crippen LogP contribution < -0.4 is 25.6 Å². The number of aryl methyl sites for hydroxylation is 1. The van der Waals surface area contributed by atoms with Crippen molar-refractivity contribution in [2.75, 3.05) is 94.5 Å². The van der Waals surface area contributed by atoms with Crippen LogP contribution in [0.5, 0.6) is 0 Å². The highest BCUT2D eigenvalue weighted by Crippen LogP contribution is 2.79. The van der Waals surface area contributed by atoms with Crippen molar-refractivity contribution in [2.45, 2.75) is 189 Å². The molecule has 7 aliphatic rings. The number of thioether (sulfide) groups is 1. The average molecular weight is 1500 g/mol. The van der Waals surface area contributed by atoms with Gasteiger partial charge in [0.25, 0.3) is 25.8 Å². The molecule has 1 aromatic heterocycles. The number of alkyl halides is 3. The molecule has 6 fully saturated rings. The van der Waals surface area contributed by atoms with Gasteiger partial charge in [0.2, 0.25) is 17.7 Å². The van der Waals surface area contributed by atoms with E-state index in [9.17, 15) is 54.3 Å². The molecule has 26 heteroatoms. The molecule has 19 nitrogen and oxygen atoms in total. The maximum absolute atomic E-state index is 14.6. The average Bonchev–Trinajstić information content (AvgIpc) is 1.01. The summed E-state index contributed by atoms with van der Waals surface area (Å²) < 4.78 is 100. The molecule has 560 valence electrons. The Labute approximate surface area is 614 Å². The number of hydrogen-bond acceptors (Lipinski definition) is 17. The minimum Gasteiger partial charge on any atom is -0.391 e. The van der Waals surface area contributed by atoms with Gasteiger partial charge in [-0.1, -0.05) is 108 Å². The second-order valence-corrected chi connectivity index (χ2v) is 37.1. The summed E-state index contributed by atoms with van der Waals surface area (Å²) >= 11 is 3.00. The van der Waals surface area contributed by atoms with Crippen molar-refractivity contribution in [1.82, 2.24) is 39.9 Å². The molecule has 3 aliphatic heterocycles. The van der Waals surface area contributed by atoms with Gasteiger partial charge >= 0.3 is 5.51 Å². The molecule has 2 bridgehead atoms. The van der Waals surface area contributed by atoms with Crippen LogP contribution in [0.1, 0.15) is 160 Å². The van der Waals surface area contributed by atoms with Gasteiger partial charge in [0.15, 0.2) is 0 Å². The quantitative estimate of drug-likeness (QED) is 0.0170. The van der Waals surface area contributed by atoms with Gasteiger partial charge in [-0.15, -0.1) is 23.1 Å². The number of carbonyl (C=O) groups excluding carboxylic acids is 4. The molecule has 5 N–H and O–H groups in total. The van der Waals surface area contributed by atoms with E-state index in [1.165, 1.54) is 67.3 Å². The highest BCUT2D eigenvalue weighted by atomic mass is 32.2. The number of thiazole rings is 1. The van der Waals surface area contributed by atoms with Crippen LogP contribution >= 0.6 is 23.1 Å². The fraction of sp³-hybridized carbons (Fsp3) is 0.571. The number of amides is 4. The van der Waals surface area contributed by atoms with Crippen LogP contribution in [-0.4, -0.2) is 184 Å². The zero-order chi connectivity index (χ0) is 73.9. The molecule has 4 amide bonds. The van der Waals surface area contributed by atoms with E-state index in [0.29, 0.717) is 60.5 Å². The highest BCUT2D eigenvalue weighted by Gasteiger charge is 2.68. The number of aliphatic hydroxyl groups is 1. The number of unbranched alkanes of at least 4 members (excludes halogenated alkanes) is 2. The number of hydrogen-bond donors (Lipinski definition) is 5. The number of halogens is 3. The molecule has 5 atom stereocenters. The van der Waals surface area contributed by atoms with Gasteiger partial charge < -0.3 is 40.7 Å². The topological polar surface area (TPSA) is 234 Å². The number of aliphatic hydroxyl groups excluding tert-OH is 1. The largest absolute Gasteiger partial charge is 0.501 e. The van der Waals surface area contributed by atoms with Crippen molar-refractivity contribution in [1.29, 1.82) is 0 Å². The van der Waals surface area contributed by atoms with Crippen LogP contribution in [0.15, 0.2) is 128 Å². The Bertz CT molecular complexity index is 4080. The van der Waals surface area contributed by atoms with Crippen molar-refractivity contribution in [2.24, 2.45) is 21.7 Å². The lowest BCUT2D eigenvalue weighted by Gasteiger charge is -2.73. The van der Waals surface area contributed by atoms with Crippen molar-refractivity contribution < 1.29 is 54.3 Å². The van der Waals surface area contributed by atoms with E-state index >= 15 is 0 Å².